The van der Waals surface area contributed by atoms with Gasteiger partial charge in [0.25, 0.3) is 0 Å². The number of benzene rings is 2. The number of anilines is 1. The van der Waals surface area contributed by atoms with Crippen LogP contribution in [0.2, 0.25) is 0 Å². The maximum atomic E-state index is 5.84. The second-order valence-corrected chi connectivity index (χ2v) is 8.03. The van der Waals surface area contributed by atoms with E-state index in [1.807, 2.05) is 4.68 Å². The van der Waals surface area contributed by atoms with Crippen molar-refractivity contribution in [2.24, 2.45) is 0 Å². The van der Waals surface area contributed by atoms with Gasteiger partial charge in [0.2, 0.25) is 0 Å². The van der Waals surface area contributed by atoms with Crippen LogP contribution >= 0.6 is 0 Å². The fourth-order valence-electron chi connectivity index (χ4n) is 4.55. The van der Waals surface area contributed by atoms with Crippen molar-refractivity contribution in [2.45, 2.75) is 31.5 Å². The average Bonchev–Trinajstić information content (AvgIpc) is 3.49. The van der Waals surface area contributed by atoms with Crippen molar-refractivity contribution < 1.29 is 4.74 Å². The second kappa shape index (κ2) is 8.93. The molecule has 1 aromatic heterocycles. The quantitative estimate of drug-likeness (QED) is 0.630. The zero-order chi connectivity index (χ0) is 20.2. The van der Waals surface area contributed by atoms with E-state index in [1.165, 1.54) is 11.3 Å². The van der Waals surface area contributed by atoms with Crippen molar-refractivity contribution in [2.75, 3.05) is 37.7 Å². The fraction of sp³-hybridized carbons (Fsp3) is 0.435. The lowest BCUT2D eigenvalue weighted by Crippen LogP contribution is -2.48. The van der Waals surface area contributed by atoms with Crippen LogP contribution in [0, 0.1) is 0 Å². The first-order chi connectivity index (χ1) is 14.9. The normalized spacial score (nSPS) is 21.1. The summed E-state index contributed by atoms with van der Waals surface area (Å²) < 4.78 is 7.79. The number of nitrogens with zero attached hydrogens (tertiary/aromatic N) is 6. The maximum Gasteiger partial charge on any atom is 0.173 e. The number of hydrogen-bond acceptors (Lipinski definition) is 6. The Balaban J connectivity index is 1.38. The topological polar surface area (TPSA) is 59.3 Å². The van der Waals surface area contributed by atoms with E-state index in [2.05, 4.69) is 86.0 Å². The summed E-state index contributed by atoms with van der Waals surface area (Å²) in [6.45, 7) is 5.45. The first-order valence-corrected chi connectivity index (χ1v) is 10.8. The van der Waals surface area contributed by atoms with Gasteiger partial charge in [0.15, 0.2) is 5.82 Å². The van der Waals surface area contributed by atoms with Gasteiger partial charge in [-0.1, -0.05) is 48.5 Å². The molecule has 0 saturated carbocycles. The number of piperazine rings is 1. The third-order valence-corrected chi connectivity index (χ3v) is 6.12. The first-order valence-electron chi connectivity index (χ1n) is 10.8. The highest BCUT2D eigenvalue weighted by Crippen LogP contribution is 2.29. The Labute approximate surface area is 177 Å². The highest BCUT2D eigenvalue weighted by atomic mass is 16.5. The highest BCUT2D eigenvalue weighted by Gasteiger charge is 2.31. The smallest absolute Gasteiger partial charge is 0.173 e. The molecule has 7 heteroatoms. The lowest BCUT2D eigenvalue weighted by Gasteiger charge is -2.40. The Hall–Kier alpha value is -2.77. The van der Waals surface area contributed by atoms with E-state index in [-0.39, 0.29) is 12.1 Å². The summed E-state index contributed by atoms with van der Waals surface area (Å²) in [5.41, 5.74) is 2.52. The van der Waals surface area contributed by atoms with E-state index in [9.17, 15) is 0 Å². The molecule has 2 fully saturated rings. The highest BCUT2D eigenvalue weighted by molar-refractivity contribution is 5.46. The summed E-state index contributed by atoms with van der Waals surface area (Å²) in [5, 5.41) is 12.8. The third-order valence-electron chi connectivity index (χ3n) is 6.12. The molecule has 0 aliphatic carbocycles. The summed E-state index contributed by atoms with van der Waals surface area (Å²) in [6, 6.07) is 21.3. The zero-order valence-corrected chi connectivity index (χ0v) is 17.2. The van der Waals surface area contributed by atoms with Gasteiger partial charge in [-0.25, -0.2) is 4.68 Å². The summed E-state index contributed by atoms with van der Waals surface area (Å²) >= 11 is 0. The summed E-state index contributed by atoms with van der Waals surface area (Å²) in [4.78, 5) is 4.96. The van der Waals surface area contributed by atoms with Crippen molar-refractivity contribution >= 4 is 5.69 Å². The van der Waals surface area contributed by atoms with Gasteiger partial charge in [0, 0.05) is 38.5 Å². The van der Waals surface area contributed by atoms with E-state index in [1.54, 1.807) is 0 Å². The molecule has 7 nitrogen and oxygen atoms in total. The van der Waals surface area contributed by atoms with Gasteiger partial charge in [-0.2, -0.15) is 0 Å². The van der Waals surface area contributed by atoms with Gasteiger partial charge >= 0.3 is 0 Å². The lowest BCUT2D eigenvalue weighted by molar-refractivity contribution is 0.0906. The number of para-hydroxylation sites is 1. The Kier molecular flexibility index (Phi) is 5.72. The van der Waals surface area contributed by atoms with E-state index in [0.717, 1.165) is 58.0 Å². The van der Waals surface area contributed by atoms with E-state index in [0.29, 0.717) is 0 Å². The van der Waals surface area contributed by atoms with Crippen molar-refractivity contribution in [3.8, 4) is 0 Å². The van der Waals surface area contributed by atoms with Crippen LogP contribution in [0.15, 0.2) is 60.7 Å². The van der Waals surface area contributed by atoms with Crippen LogP contribution in [-0.4, -0.2) is 64.0 Å². The number of hydrogen-bond donors (Lipinski definition) is 0. The van der Waals surface area contributed by atoms with Crippen LogP contribution in [0.5, 0.6) is 0 Å². The molecule has 30 heavy (non-hydrogen) atoms. The Morgan fingerprint density at radius 1 is 0.933 bits per heavy atom. The molecule has 0 N–H and O–H groups in total. The molecule has 0 spiro atoms. The molecule has 156 valence electrons. The van der Waals surface area contributed by atoms with Gasteiger partial charge in [0.05, 0.1) is 18.7 Å². The minimum atomic E-state index is 0.0422. The van der Waals surface area contributed by atoms with Crippen molar-refractivity contribution in [1.29, 1.82) is 0 Å². The molecule has 2 saturated heterocycles. The molecule has 0 bridgehead atoms. The Morgan fingerprint density at radius 2 is 1.67 bits per heavy atom. The zero-order valence-electron chi connectivity index (χ0n) is 17.2. The van der Waals surface area contributed by atoms with Crippen LogP contribution in [0.4, 0.5) is 5.69 Å². The van der Waals surface area contributed by atoms with E-state index < -0.39 is 0 Å². The predicted molar refractivity (Wildman–Crippen MR) is 115 cm³/mol. The van der Waals surface area contributed by atoms with Gasteiger partial charge in [-0.15, -0.1) is 5.10 Å². The summed E-state index contributed by atoms with van der Waals surface area (Å²) in [7, 11) is 0. The first kappa shape index (κ1) is 19.2. The molecule has 2 aromatic carbocycles. The predicted octanol–water partition coefficient (Wildman–Crippen LogP) is 2.76. The molecule has 2 aliphatic rings. The second-order valence-electron chi connectivity index (χ2n) is 8.03. The van der Waals surface area contributed by atoms with Gasteiger partial charge in [-0.05, 0) is 41.0 Å². The van der Waals surface area contributed by atoms with Crippen molar-refractivity contribution in [1.82, 2.24) is 25.1 Å². The molecule has 0 amide bonds. The van der Waals surface area contributed by atoms with E-state index in [4.69, 9.17) is 4.74 Å². The lowest BCUT2D eigenvalue weighted by atomic mass is 10.0. The number of ether oxygens (including phenoxy) is 1. The molecular weight excluding hydrogens is 376 g/mol. The summed E-state index contributed by atoms with van der Waals surface area (Å²) in [5.74, 6) is 0.907. The number of rotatable bonds is 6. The molecule has 5 rings (SSSR count). The molecular formula is C23H28N6O. The number of aromatic nitrogens is 4. The molecule has 0 radical (unpaired) electrons. The van der Waals surface area contributed by atoms with Crippen LogP contribution < -0.4 is 4.90 Å². The van der Waals surface area contributed by atoms with Crippen molar-refractivity contribution in [3.63, 3.8) is 0 Å². The Morgan fingerprint density at radius 3 is 2.37 bits per heavy atom. The van der Waals surface area contributed by atoms with Crippen molar-refractivity contribution in [3.05, 3.63) is 72.1 Å². The molecule has 2 aliphatic heterocycles. The summed E-state index contributed by atoms with van der Waals surface area (Å²) in [6.07, 6.45) is 2.40. The Bertz CT molecular complexity index is 917. The fourth-order valence-corrected chi connectivity index (χ4v) is 4.55. The standard InChI is InChI=1S/C23H28N6O/c1-3-8-19(9-4-1)22(23-24-25-26-29(23)18-21-12-7-17-30-21)28-15-13-27(14-16-28)20-10-5-2-6-11-20/h1-6,8-11,21-22H,7,12-18H2. The minimum Gasteiger partial charge on any atom is -0.376 e. The number of tetrazole rings is 1. The van der Waals surface area contributed by atoms with Gasteiger partial charge in [0.1, 0.15) is 0 Å². The maximum absolute atomic E-state index is 5.84. The third kappa shape index (κ3) is 4.08. The van der Waals surface area contributed by atoms with Crippen LogP contribution in [0.25, 0.3) is 0 Å². The van der Waals surface area contributed by atoms with Crippen LogP contribution in [0.1, 0.15) is 30.3 Å². The SMILES string of the molecule is c1ccc(C(c2nnnn2CC2CCCO2)N2CCN(c3ccccc3)CC2)cc1. The molecule has 2 unspecified atom stereocenters. The minimum absolute atomic E-state index is 0.0422. The molecule has 2 atom stereocenters. The largest absolute Gasteiger partial charge is 0.376 e. The van der Waals surface area contributed by atoms with Crippen LogP contribution in [-0.2, 0) is 11.3 Å². The van der Waals surface area contributed by atoms with Gasteiger partial charge < -0.3 is 9.64 Å². The van der Waals surface area contributed by atoms with Crippen LogP contribution in [0.3, 0.4) is 0 Å². The van der Waals surface area contributed by atoms with E-state index >= 15 is 0 Å². The van der Waals surface area contributed by atoms with Gasteiger partial charge in [-0.3, -0.25) is 4.90 Å². The monoisotopic (exact) mass is 404 g/mol. The average molecular weight is 405 g/mol. The molecule has 3 aromatic rings. The molecule has 3 heterocycles.